The molecular weight excluding hydrogens is 532 g/mol. The molecule has 0 unspecified atom stereocenters. The van der Waals surface area contributed by atoms with Gasteiger partial charge in [0.2, 0.25) is 0 Å². The van der Waals surface area contributed by atoms with E-state index in [2.05, 4.69) is 71.5 Å². The van der Waals surface area contributed by atoms with Crippen LogP contribution in [0.3, 0.4) is 0 Å². The highest BCUT2D eigenvalue weighted by atomic mass is 35.5. The molecule has 218 valence electrons. The molecule has 0 spiro atoms. The predicted molar refractivity (Wildman–Crippen MR) is 168 cm³/mol. The number of aryl methyl sites for hydroxylation is 1. The van der Waals surface area contributed by atoms with Crippen LogP contribution in [0.25, 0.3) is 11.1 Å². The lowest BCUT2D eigenvalue weighted by atomic mass is 9.73. The summed E-state index contributed by atoms with van der Waals surface area (Å²) in [4.78, 5) is 11.5. The molecule has 1 saturated heterocycles. The molecule has 1 heterocycles. The quantitative estimate of drug-likeness (QED) is 0.231. The first-order valence-corrected chi connectivity index (χ1v) is 15.1. The number of hydrogen-bond acceptors (Lipinski definition) is 3. The van der Waals surface area contributed by atoms with E-state index in [1.807, 2.05) is 30.3 Å². The zero-order valence-electron chi connectivity index (χ0n) is 25.0. The molecule has 41 heavy (non-hydrogen) atoms. The van der Waals surface area contributed by atoms with Crippen molar-refractivity contribution in [2.45, 2.75) is 84.3 Å². The van der Waals surface area contributed by atoms with Crippen molar-refractivity contribution in [1.82, 2.24) is 0 Å². The van der Waals surface area contributed by atoms with Crippen molar-refractivity contribution in [2.75, 3.05) is 6.61 Å². The van der Waals surface area contributed by atoms with Crippen LogP contribution in [0.2, 0.25) is 5.02 Å². The number of unbranched alkanes of at least 4 members (excludes halogenated alkanes) is 1. The van der Waals surface area contributed by atoms with Crippen LogP contribution in [-0.2, 0) is 9.53 Å². The van der Waals surface area contributed by atoms with Crippen LogP contribution in [0.4, 0.5) is 0 Å². The Morgan fingerprint density at radius 3 is 2.29 bits per heavy atom. The molecular formula is C36H43ClO4. The summed E-state index contributed by atoms with van der Waals surface area (Å²) in [6.45, 7) is 14.6. The molecule has 1 fully saturated rings. The maximum absolute atomic E-state index is 11.5. The molecule has 4 rings (SSSR count). The molecule has 3 aromatic rings. The maximum Gasteiger partial charge on any atom is 0.341 e. The van der Waals surface area contributed by atoms with Crippen LogP contribution in [0.5, 0.6) is 5.75 Å². The standard InChI is InChI=1S/C36H43ClO4/c1-7-8-9-32-31(27-12-10-25(11-13-27)26-14-16-29(37)17-15-26)20-30(23(4)5)36(41-32)35-24(6)18-28(22(2)3)19-33(35)40-21-34(38)39/h10-19,22,30-32,36H,4,7-9,20-21H2,1-3,5-6H3,(H,38,39)/t30-,31-,32+,36+/m0/s1. The number of benzene rings is 3. The first kappa shape index (κ1) is 30.9. The molecule has 0 bridgehead atoms. The van der Waals surface area contributed by atoms with Gasteiger partial charge in [0.15, 0.2) is 6.61 Å². The molecule has 0 radical (unpaired) electrons. The smallest absolute Gasteiger partial charge is 0.341 e. The molecule has 0 aliphatic carbocycles. The second kappa shape index (κ2) is 13.7. The maximum atomic E-state index is 11.5. The van der Waals surface area contributed by atoms with Crippen LogP contribution in [0.1, 0.15) is 93.6 Å². The second-order valence-electron chi connectivity index (χ2n) is 11.7. The highest BCUT2D eigenvalue weighted by Gasteiger charge is 2.41. The molecule has 4 nitrogen and oxygen atoms in total. The first-order valence-electron chi connectivity index (χ1n) is 14.7. The first-order chi connectivity index (χ1) is 19.6. The van der Waals surface area contributed by atoms with Crippen molar-refractivity contribution in [3.63, 3.8) is 0 Å². The van der Waals surface area contributed by atoms with Gasteiger partial charge in [-0.1, -0.05) is 99.8 Å². The average Bonchev–Trinajstić information content (AvgIpc) is 2.94. The summed E-state index contributed by atoms with van der Waals surface area (Å²) in [6, 6.07) is 21.0. The number of halogens is 1. The summed E-state index contributed by atoms with van der Waals surface area (Å²) in [5, 5.41) is 10.1. The number of carboxylic acids is 1. The van der Waals surface area contributed by atoms with Crippen LogP contribution in [-0.4, -0.2) is 23.8 Å². The molecule has 1 aliphatic rings. The highest BCUT2D eigenvalue weighted by Crippen LogP contribution is 2.50. The third-order valence-corrected chi connectivity index (χ3v) is 8.56. The molecule has 5 heteroatoms. The lowest BCUT2D eigenvalue weighted by Crippen LogP contribution is -2.36. The number of ether oxygens (including phenoxy) is 2. The van der Waals surface area contributed by atoms with E-state index in [0.717, 1.165) is 64.1 Å². The summed E-state index contributed by atoms with van der Waals surface area (Å²) >= 11 is 6.10. The van der Waals surface area contributed by atoms with Gasteiger partial charge in [-0.05, 0) is 78.6 Å². The molecule has 1 N–H and O–H groups in total. The SMILES string of the molecule is C=C(C)[C@@H]1C[C@@H](c2ccc(-c3ccc(Cl)cc3)cc2)[C@@H](CCCC)O[C@H]1c1c(C)cc(C(C)C)cc1OCC(=O)O. The summed E-state index contributed by atoms with van der Waals surface area (Å²) < 4.78 is 13.0. The molecule has 4 atom stereocenters. The fraction of sp³-hybridized carbons (Fsp3) is 0.417. The number of hydrogen-bond donors (Lipinski definition) is 1. The van der Waals surface area contributed by atoms with Crippen molar-refractivity contribution in [3.8, 4) is 16.9 Å². The zero-order chi connectivity index (χ0) is 29.7. The van der Waals surface area contributed by atoms with Crippen molar-refractivity contribution >= 4 is 17.6 Å². The molecule has 0 amide bonds. The van der Waals surface area contributed by atoms with Crippen LogP contribution in [0.15, 0.2) is 72.8 Å². The Kier molecular flexibility index (Phi) is 10.3. The van der Waals surface area contributed by atoms with E-state index in [1.54, 1.807) is 0 Å². The number of aliphatic carboxylic acids is 1. The van der Waals surface area contributed by atoms with Gasteiger partial charge in [0, 0.05) is 22.4 Å². The minimum atomic E-state index is -0.993. The third-order valence-electron chi connectivity index (χ3n) is 8.31. The fourth-order valence-corrected chi connectivity index (χ4v) is 6.12. The second-order valence-corrected chi connectivity index (χ2v) is 12.2. The summed E-state index contributed by atoms with van der Waals surface area (Å²) in [5.74, 6) is 0.179. The van der Waals surface area contributed by atoms with Gasteiger partial charge < -0.3 is 14.6 Å². The molecule has 0 aromatic heterocycles. The van der Waals surface area contributed by atoms with Gasteiger partial charge in [0.25, 0.3) is 0 Å². The fourth-order valence-electron chi connectivity index (χ4n) is 6.00. The number of rotatable bonds is 11. The van der Waals surface area contributed by atoms with Gasteiger partial charge in [-0.25, -0.2) is 4.79 Å². The minimum absolute atomic E-state index is 0.0217. The van der Waals surface area contributed by atoms with Gasteiger partial charge in [0.1, 0.15) is 5.75 Å². The van der Waals surface area contributed by atoms with E-state index >= 15 is 0 Å². The Morgan fingerprint density at radius 1 is 1.10 bits per heavy atom. The third kappa shape index (κ3) is 7.42. The minimum Gasteiger partial charge on any atom is -0.482 e. The lowest BCUT2D eigenvalue weighted by Gasteiger charge is -2.43. The van der Waals surface area contributed by atoms with Crippen LogP contribution in [0, 0.1) is 12.8 Å². The van der Waals surface area contributed by atoms with Gasteiger partial charge in [-0.3, -0.25) is 0 Å². The van der Waals surface area contributed by atoms with E-state index in [9.17, 15) is 9.90 Å². The van der Waals surface area contributed by atoms with E-state index in [-0.39, 0.29) is 36.6 Å². The van der Waals surface area contributed by atoms with Gasteiger partial charge in [0.05, 0.1) is 12.2 Å². The Bertz CT molecular complexity index is 1340. The van der Waals surface area contributed by atoms with Crippen LogP contribution >= 0.6 is 11.6 Å². The highest BCUT2D eigenvalue weighted by molar-refractivity contribution is 6.30. The summed E-state index contributed by atoms with van der Waals surface area (Å²) in [7, 11) is 0. The molecule has 0 saturated carbocycles. The molecule has 1 aliphatic heterocycles. The Hall–Kier alpha value is -3.08. The van der Waals surface area contributed by atoms with E-state index < -0.39 is 5.97 Å². The molecule has 3 aromatic carbocycles. The van der Waals surface area contributed by atoms with Crippen molar-refractivity contribution in [2.24, 2.45) is 5.92 Å². The lowest BCUT2D eigenvalue weighted by molar-refractivity contribution is -0.139. The Labute approximate surface area is 250 Å². The normalized spacial score (nSPS) is 20.7. The van der Waals surface area contributed by atoms with E-state index in [0.29, 0.717) is 5.75 Å². The van der Waals surface area contributed by atoms with Crippen molar-refractivity contribution < 1.29 is 19.4 Å². The summed E-state index contributed by atoms with van der Waals surface area (Å²) in [5.41, 5.74) is 7.75. The van der Waals surface area contributed by atoms with E-state index in [1.165, 1.54) is 5.56 Å². The van der Waals surface area contributed by atoms with Crippen molar-refractivity contribution in [3.05, 3.63) is 100 Å². The van der Waals surface area contributed by atoms with Crippen molar-refractivity contribution in [1.29, 1.82) is 0 Å². The zero-order valence-corrected chi connectivity index (χ0v) is 25.7. The monoisotopic (exact) mass is 574 g/mol. The van der Waals surface area contributed by atoms with Gasteiger partial charge in [-0.15, -0.1) is 0 Å². The topological polar surface area (TPSA) is 55.8 Å². The Morgan fingerprint density at radius 2 is 1.73 bits per heavy atom. The number of carboxylic acid groups (broad SMARTS) is 1. The van der Waals surface area contributed by atoms with Gasteiger partial charge in [-0.2, -0.15) is 0 Å². The van der Waals surface area contributed by atoms with Gasteiger partial charge >= 0.3 is 5.97 Å². The predicted octanol–water partition coefficient (Wildman–Crippen LogP) is 9.90. The largest absolute Gasteiger partial charge is 0.482 e. The van der Waals surface area contributed by atoms with Crippen LogP contribution < -0.4 is 4.74 Å². The average molecular weight is 575 g/mol. The Balaban J connectivity index is 1.71. The van der Waals surface area contributed by atoms with E-state index in [4.69, 9.17) is 21.1 Å². The number of carbonyl (C=O) groups is 1. The summed E-state index contributed by atoms with van der Waals surface area (Å²) in [6.07, 6.45) is 3.78.